The standard InChI is InChI=1S/C22H37N3/c1-2-17-8-14-21(15-9-17)25-16-23-24-22(25)20-12-10-19(11-13-20)18-6-4-3-5-7-18/h16-21H,2-15H2,1H3. The third kappa shape index (κ3) is 3.95. The van der Waals surface area contributed by atoms with Gasteiger partial charge in [0.15, 0.2) is 0 Å². The van der Waals surface area contributed by atoms with Gasteiger partial charge in [0.25, 0.3) is 0 Å². The second-order valence-corrected chi connectivity index (χ2v) is 9.19. The molecule has 140 valence electrons. The molecule has 3 aliphatic rings. The third-order valence-electron chi connectivity index (χ3n) is 7.84. The second kappa shape index (κ2) is 8.22. The zero-order valence-electron chi connectivity index (χ0n) is 16.2. The maximum Gasteiger partial charge on any atom is 0.136 e. The molecular weight excluding hydrogens is 306 g/mol. The maximum absolute atomic E-state index is 4.60. The van der Waals surface area contributed by atoms with E-state index in [9.17, 15) is 0 Å². The lowest BCUT2D eigenvalue weighted by Crippen LogP contribution is -2.25. The molecule has 4 rings (SSSR count). The fraction of sp³-hybridized carbons (Fsp3) is 0.909. The van der Waals surface area contributed by atoms with Gasteiger partial charge in [0.05, 0.1) is 0 Å². The number of nitrogens with zero attached hydrogens (tertiary/aromatic N) is 3. The van der Waals surface area contributed by atoms with Crippen LogP contribution in [0.15, 0.2) is 6.33 Å². The molecule has 0 atom stereocenters. The van der Waals surface area contributed by atoms with Crippen LogP contribution >= 0.6 is 0 Å². The van der Waals surface area contributed by atoms with Crippen molar-refractivity contribution in [2.45, 2.75) is 109 Å². The van der Waals surface area contributed by atoms with Crippen LogP contribution in [0, 0.1) is 17.8 Å². The minimum atomic E-state index is 0.670. The van der Waals surface area contributed by atoms with Crippen LogP contribution in [0.3, 0.4) is 0 Å². The minimum absolute atomic E-state index is 0.670. The van der Waals surface area contributed by atoms with E-state index in [-0.39, 0.29) is 0 Å². The highest BCUT2D eigenvalue weighted by atomic mass is 15.3. The molecule has 0 radical (unpaired) electrons. The van der Waals surface area contributed by atoms with E-state index < -0.39 is 0 Å². The Balaban J connectivity index is 1.35. The van der Waals surface area contributed by atoms with Crippen molar-refractivity contribution in [3.8, 4) is 0 Å². The summed E-state index contributed by atoms with van der Waals surface area (Å²) >= 11 is 0. The van der Waals surface area contributed by atoms with Gasteiger partial charge < -0.3 is 4.57 Å². The van der Waals surface area contributed by atoms with Crippen LogP contribution in [0.4, 0.5) is 0 Å². The summed E-state index contributed by atoms with van der Waals surface area (Å²) in [4.78, 5) is 0. The van der Waals surface area contributed by atoms with Crippen molar-refractivity contribution in [1.82, 2.24) is 14.8 Å². The summed E-state index contributed by atoms with van der Waals surface area (Å²) in [6, 6.07) is 0.670. The van der Waals surface area contributed by atoms with Crippen LogP contribution in [0.25, 0.3) is 0 Å². The van der Waals surface area contributed by atoms with E-state index in [1.165, 1.54) is 95.7 Å². The van der Waals surface area contributed by atoms with Gasteiger partial charge in [0, 0.05) is 12.0 Å². The van der Waals surface area contributed by atoms with Gasteiger partial charge in [0.2, 0.25) is 0 Å². The molecule has 3 heteroatoms. The van der Waals surface area contributed by atoms with Crippen molar-refractivity contribution < 1.29 is 0 Å². The largest absolute Gasteiger partial charge is 0.314 e. The van der Waals surface area contributed by atoms with Crippen LogP contribution in [-0.2, 0) is 0 Å². The molecule has 3 aliphatic carbocycles. The summed E-state index contributed by atoms with van der Waals surface area (Å²) in [5.74, 6) is 5.00. The topological polar surface area (TPSA) is 30.7 Å². The highest BCUT2D eigenvalue weighted by molar-refractivity contribution is 5.01. The fourth-order valence-corrected chi connectivity index (χ4v) is 6.11. The van der Waals surface area contributed by atoms with Gasteiger partial charge in [-0.25, -0.2) is 0 Å². The van der Waals surface area contributed by atoms with Gasteiger partial charge in [-0.15, -0.1) is 10.2 Å². The zero-order chi connectivity index (χ0) is 17.1. The molecular formula is C22H37N3. The molecule has 0 aliphatic heterocycles. The molecule has 3 fully saturated rings. The van der Waals surface area contributed by atoms with Crippen molar-refractivity contribution in [2.75, 3.05) is 0 Å². The lowest BCUT2D eigenvalue weighted by Gasteiger charge is -2.36. The average Bonchev–Trinajstić information content (AvgIpc) is 3.19. The maximum atomic E-state index is 4.60. The summed E-state index contributed by atoms with van der Waals surface area (Å²) in [6.07, 6.45) is 21.9. The Labute approximate surface area is 154 Å². The van der Waals surface area contributed by atoms with Gasteiger partial charge in [-0.1, -0.05) is 45.4 Å². The fourth-order valence-electron chi connectivity index (χ4n) is 6.11. The Hall–Kier alpha value is -0.860. The highest BCUT2D eigenvalue weighted by Crippen LogP contribution is 2.43. The van der Waals surface area contributed by atoms with E-state index in [2.05, 4.69) is 21.7 Å². The normalized spacial score (nSPS) is 34.9. The van der Waals surface area contributed by atoms with Gasteiger partial charge in [-0.05, 0) is 69.1 Å². The molecule has 0 N–H and O–H groups in total. The molecule has 0 aromatic carbocycles. The first-order chi connectivity index (χ1) is 12.3. The predicted octanol–water partition coefficient (Wildman–Crippen LogP) is 6.27. The summed E-state index contributed by atoms with van der Waals surface area (Å²) in [6.45, 7) is 2.35. The van der Waals surface area contributed by atoms with Crippen LogP contribution in [0.1, 0.15) is 115 Å². The van der Waals surface area contributed by atoms with E-state index in [0.29, 0.717) is 12.0 Å². The summed E-state index contributed by atoms with van der Waals surface area (Å²) < 4.78 is 2.48. The van der Waals surface area contributed by atoms with E-state index in [1.807, 2.05) is 6.33 Å². The third-order valence-corrected chi connectivity index (χ3v) is 7.84. The first-order valence-corrected chi connectivity index (χ1v) is 11.2. The Morgan fingerprint density at radius 1 is 0.840 bits per heavy atom. The summed E-state index contributed by atoms with van der Waals surface area (Å²) in [5, 5.41) is 8.94. The Bertz CT molecular complexity index is 515. The van der Waals surface area contributed by atoms with Crippen molar-refractivity contribution in [3.05, 3.63) is 12.2 Å². The number of hydrogen-bond donors (Lipinski definition) is 0. The number of aromatic nitrogens is 3. The molecule has 1 aromatic heterocycles. The van der Waals surface area contributed by atoms with Crippen LogP contribution in [0.5, 0.6) is 0 Å². The molecule has 3 nitrogen and oxygen atoms in total. The Kier molecular flexibility index (Phi) is 5.77. The van der Waals surface area contributed by atoms with Crippen molar-refractivity contribution >= 4 is 0 Å². The van der Waals surface area contributed by atoms with Gasteiger partial charge in [-0.2, -0.15) is 0 Å². The lowest BCUT2D eigenvalue weighted by atomic mass is 9.71. The van der Waals surface area contributed by atoms with Gasteiger partial charge in [-0.3, -0.25) is 0 Å². The summed E-state index contributed by atoms with van der Waals surface area (Å²) in [7, 11) is 0. The Morgan fingerprint density at radius 3 is 2.20 bits per heavy atom. The molecule has 1 heterocycles. The molecule has 25 heavy (non-hydrogen) atoms. The van der Waals surface area contributed by atoms with E-state index in [1.54, 1.807) is 0 Å². The lowest BCUT2D eigenvalue weighted by molar-refractivity contribution is 0.180. The van der Waals surface area contributed by atoms with Crippen molar-refractivity contribution in [1.29, 1.82) is 0 Å². The van der Waals surface area contributed by atoms with E-state index >= 15 is 0 Å². The van der Waals surface area contributed by atoms with Gasteiger partial charge >= 0.3 is 0 Å². The SMILES string of the molecule is CCC1CCC(n2cnnc2C2CCC(C3CCCCC3)CC2)CC1. The molecule has 1 aromatic rings. The highest BCUT2D eigenvalue weighted by Gasteiger charge is 2.32. The van der Waals surface area contributed by atoms with Crippen molar-refractivity contribution in [3.63, 3.8) is 0 Å². The number of hydrogen-bond acceptors (Lipinski definition) is 2. The number of rotatable bonds is 4. The van der Waals surface area contributed by atoms with E-state index in [0.717, 1.165) is 17.8 Å². The quantitative estimate of drug-likeness (QED) is 0.644. The monoisotopic (exact) mass is 343 g/mol. The van der Waals surface area contributed by atoms with Gasteiger partial charge in [0.1, 0.15) is 12.2 Å². The van der Waals surface area contributed by atoms with Crippen LogP contribution in [-0.4, -0.2) is 14.8 Å². The zero-order valence-corrected chi connectivity index (χ0v) is 16.2. The molecule has 3 saturated carbocycles. The molecule has 0 unspecified atom stereocenters. The average molecular weight is 344 g/mol. The molecule has 0 saturated heterocycles. The first-order valence-electron chi connectivity index (χ1n) is 11.2. The Morgan fingerprint density at radius 2 is 1.52 bits per heavy atom. The first kappa shape index (κ1) is 17.5. The molecule has 0 amide bonds. The van der Waals surface area contributed by atoms with E-state index in [4.69, 9.17) is 0 Å². The molecule has 0 bridgehead atoms. The molecule has 0 spiro atoms. The smallest absolute Gasteiger partial charge is 0.136 e. The minimum Gasteiger partial charge on any atom is -0.314 e. The van der Waals surface area contributed by atoms with Crippen molar-refractivity contribution in [2.24, 2.45) is 17.8 Å². The second-order valence-electron chi connectivity index (χ2n) is 9.19. The summed E-state index contributed by atoms with van der Waals surface area (Å²) in [5.41, 5.74) is 0. The predicted molar refractivity (Wildman–Crippen MR) is 103 cm³/mol. The van der Waals surface area contributed by atoms with Crippen LogP contribution < -0.4 is 0 Å². The van der Waals surface area contributed by atoms with Crippen LogP contribution in [0.2, 0.25) is 0 Å².